The van der Waals surface area contributed by atoms with Gasteiger partial charge in [-0.25, -0.2) is 17.8 Å². The van der Waals surface area contributed by atoms with E-state index in [1.165, 1.54) is 10.9 Å². The molecule has 0 saturated carbocycles. The second-order valence-corrected chi connectivity index (χ2v) is 6.03. The molecule has 0 aliphatic heterocycles. The first kappa shape index (κ1) is 14.0. The lowest BCUT2D eigenvalue weighted by Crippen LogP contribution is -2.26. The highest BCUT2D eigenvalue weighted by molar-refractivity contribution is 7.89. The molecule has 3 N–H and O–H groups in total. The maximum absolute atomic E-state index is 11.9. The Morgan fingerprint density at radius 3 is 2.65 bits per heavy atom. The van der Waals surface area contributed by atoms with E-state index in [0.717, 1.165) is 6.42 Å². The molecule has 0 saturated heterocycles. The predicted molar refractivity (Wildman–Crippen MR) is 67.0 cm³/mol. The molecule has 0 aromatic carbocycles. The van der Waals surface area contributed by atoms with E-state index in [-0.39, 0.29) is 10.7 Å². The van der Waals surface area contributed by atoms with Crippen LogP contribution in [0, 0.1) is 5.92 Å². The van der Waals surface area contributed by atoms with Crippen molar-refractivity contribution in [1.29, 1.82) is 0 Å². The SMILES string of the molecule is CCn1ncc(S(=O)(=O)NCCC(C)C)c1N. The Balaban J connectivity index is 2.79. The topological polar surface area (TPSA) is 90.0 Å². The summed E-state index contributed by atoms with van der Waals surface area (Å²) in [5, 5.41) is 3.92. The van der Waals surface area contributed by atoms with Crippen LogP contribution in [-0.4, -0.2) is 24.7 Å². The second-order valence-electron chi connectivity index (χ2n) is 4.29. The fraction of sp³-hybridized carbons (Fsp3) is 0.700. The number of hydrogen-bond donors (Lipinski definition) is 2. The van der Waals surface area contributed by atoms with Crippen molar-refractivity contribution in [2.45, 2.75) is 38.6 Å². The van der Waals surface area contributed by atoms with Crippen LogP contribution in [-0.2, 0) is 16.6 Å². The molecule has 0 amide bonds. The molecular weight excluding hydrogens is 240 g/mol. The Kier molecular flexibility index (Phi) is 4.53. The van der Waals surface area contributed by atoms with Gasteiger partial charge in [0.1, 0.15) is 10.7 Å². The summed E-state index contributed by atoms with van der Waals surface area (Å²) in [5.41, 5.74) is 5.71. The van der Waals surface area contributed by atoms with Crippen LogP contribution >= 0.6 is 0 Å². The van der Waals surface area contributed by atoms with Gasteiger partial charge in [0, 0.05) is 13.1 Å². The molecule has 0 bridgehead atoms. The van der Waals surface area contributed by atoms with Gasteiger partial charge in [0.15, 0.2) is 0 Å². The van der Waals surface area contributed by atoms with Crippen LogP contribution in [0.1, 0.15) is 27.2 Å². The van der Waals surface area contributed by atoms with Crippen LogP contribution < -0.4 is 10.5 Å². The first-order valence-corrected chi connectivity index (χ1v) is 7.17. The minimum atomic E-state index is -3.53. The van der Waals surface area contributed by atoms with Gasteiger partial charge in [0.05, 0.1) is 6.20 Å². The fourth-order valence-electron chi connectivity index (χ4n) is 1.40. The summed E-state index contributed by atoms with van der Waals surface area (Å²) < 4.78 is 27.8. The summed E-state index contributed by atoms with van der Waals surface area (Å²) in [7, 11) is -3.53. The van der Waals surface area contributed by atoms with Gasteiger partial charge in [-0.15, -0.1) is 0 Å². The normalized spacial score (nSPS) is 12.2. The largest absolute Gasteiger partial charge is 0.383 e. The highest BCUT2D eigenvalue weighted by Crippen LogP contribution is 2.17. The Hall–Kier alpha value is -1.08. The minimum absolute atomic E-state index is 0.0584. The van der Waals surface area contributed by atoms with E-state index in [1.807, 2.05) is 20.8 Å². The second kappa shape index (κ2) is 5.50. The molecule has 0 atom stereocenters. The van der Waals surface area contributed by atoms with E-state index in [9.17, 15) is 8.42 Å². The predicted octanol–water partition coefficient (Wildman–Crippen LogP) is 0.810. The fourth-order valence-corrected chi connectivity index (χ4v) is 2.51. The highest BCUT2D eigenvalue weighted by atomic mass is 32.2. The van der Waals surface area contributed by atoms with Crippen LogP contribution in [0.3, 0.4) is 0 Å². The van der Waals surface area contributed by atoms with E-state index in [2.05, 4.69) is 9.82 Å². The zero-order valence-electron chi connectivity index (χ0n) is 10.5. The summed E-state index contributed by atoms with van der Waals surface area (Å²) in [6.45, 7) is 6.89. The van der Waals surface area contributed by atoms with Crippen LogP contribution in [0.15, 0.2) is 11.1 Å². The number of nitrogens with one attached hydrogen (secondary N) is 1. The Labute approximate surface area is 102 Å². The van der Waals surface area contributed by atoms with Crippen LogP contribution in [0.25, 0.3) is 0 Å². The van der Waals surface area contributed by atoms with Gasteiger partial charge < -0.3 is 5.73 Å². The van der Waals surface area contributed by atoms with E-state index in [0.29, 0.717) is 19.0 Å². The van der Waals surface area contributed by atoms with Gasteiger partial charge in [-0.3, -0.25) is 0 Å². The molecule has 6 nitrogen and oxygen atoms in total. The molecule has 1 aromatic heterocycles. The molecule has 0 aliphatic rings. The lowest BCUT2D eigenvalue weighted by atomic mass is 10.1. The summed E-state index contributed by atoms with van der Waals surface area (Å²) in [6, 6.07) is 0. The van der Waals surface area contributed by atoms with Crippen molar-refractivity contribution in [3.63, 3.8) is 0 Å². The zero-order chi connectivity index (χ0) is 13.1. The van der Waals surface area contributed by atoms with E-state index in [1.54, 1.807) is 0 Å². The number of nitrogens with zero attached hydrogens (tertiary/aromatic N) is 2. The maximum Gasteiger partial charge on any atom is 0.245 e. The van der Waals surface area contributed by atoms with Crippen molar-refractivity contribution in [1.82, 2.24) is 14.5 Å². The number of aromatic nitrogens is 2. The summed E-state index contributed by atoms with van der Waals surface area (Å²) in [5.74, 6) is 0.637. The van der Waals surface area contributed by atoms with Crippen LogP contribution in [0.2, 0.25) is 0 Å². The minimum Gasteiger partial charge on any atom is -0.383 e. The third-order valence-electron chi connectivity index (χ3n) is 2.45. The first-order valence-electron chi connectivity index (χ1n) is 5.69. The van der Waals surface area contributed by atoms with Gasteiger partial charge in [0.2, 0.25) is 10.0 Å². The average Bonchev–Trinajstić information content (AvgIpc) is 2.59. The number of aryl methyl sites for hydroxylation is 1. The van der Waals surface area contributed by atoms with Gasteiger partial charge in [-0.05, 0) is 19.3 Å². The Morgan fingerprint density at radius 2 is 2.18 bits per heavy atom. The van der Waals surface area contributed by atoms with Gasteiger partial charge >= 0.3 is 0 Å². The number of sulfonamides is 1. The Bertz CT molecular complexity index is 465. The molecular formula is C10H20N4O2S. The molecule has 0 unspecified atom stereocenters. The molecule has 0 spiro atoms. The van der Waals surface area contributed by atoms with Crippen molar-refractivity contribution in [2.24, 2.45) is 5.92 Å². The highest BCUT2D eigenvalue weighted by Gasteiger charge is 2.20. The van der Waals surface area contributed by atoms with Crippen LogP contribution in [0.4, 0.5) is 5.82 Å². The standard InChI is InChI=1S/C10H20N4O2S/c1-4-14-10(11)9(7-12-14)17(15,16)13-6-5-8(2)3/h7-8,13H,4-6,11H2,1-3H3. The van der Waals surface area contributed by atoms with Gasteiger partial charge in [-0.1, -0.05) is 13.8 Å². The average molecular weight is 260 g/mol. The molecule has 98 valence electrons. The maximum atomic E-state index is 11.9. The number of rotatable bonds is 6. The third-order valence-corrected chi connectivity index (χ3v) is 3.93. The number of anilines is 1. The molecule has 7 heteroatoms. The smallest absolute Gasteiger partial charge is 0.245 e. The lowest BCUT2D eigenvalue weighted by molar-refractivity contribution is 0.552. The molecule has 17 heavy (non-hydrogen) atoms. The number of nitrogens with two attached hydrogens (primary N) is 1. The van der Waals surface area contributed by atoms with Crippen molar-refractivity contribution >= 4 is 15.8 Å². The molecule has 0 fully saturated rings. The van der Waals surface area contributed by atoms with Crippen LogP contribution in [0.5, 0.6) is 0 Å². The summed E-state index contributed by atoms with van der Waals surface area (Å²) in [6.07, 6.45) is 2.08. The molecule has 0 aliphatic carbocycles. The summed E-state index contributed by atoms with van der Waals surface area (Å²) >= 11 is 0. The third kappa shape index (κ3) is 3.44. The quantitative estimate of drug-likeness (QED) is 0.792. The summed E-state index contributed by atoms with van der Waals surface area (Å²) in [4.78, 5) is 0.0584. The van der Waals surface area contributed by atoms with Crippen molar-refractivity contribution in [3.05, 3.63) is 6.20 Å². The zero-order valence-corrected chi connectivity index (χ0v) is 11.3. The van der Waals surface area contributed by atoms with Crippen molar-refractivity contribution in [3.8, 4) is 0 Å². The van der Waals surface area contributed by atoms with Crippen molar-refractivity contribution in [2.75, 3.05) is 12.3 Å². The van der Waals surface area contributed by atoms with Gasteiger partial charge in [0.25, 0.3) is 0 Å². The number of nitrogen functional groups attached to an aromatic ring is 1. The van der Waals surface area contributed by atoms with E-state index in [4.69, 9.17) is 5.73 Å². The molecule has 1 heterocycles. The Morgan fingerprint density at radius 1 is 1.53 bits per heavy atom. The molecule has 0 radical (unpaired) electrons. The molecule has 1 rings (SSSR count). The monoisotopic (exact) mass is 260 g/mol. The molecule has 1 aromatic rings. The van der Waals surface area contributed by atoms with Gasteiger partial charge in [-0.2, -0.15) is 5.10 Å². The van der Waals surface area contributed by atoms with E-state index < -0.39 is 10.0 Å². The van der Waals surface area contributed by atoms with Crippen molar-refractivity contribution < 1.29 is 8.42 Å². The first-order chi connectivity index (χ1) is 7.88. The van der Waals surface area contributed by atoms with E-state index >= 15 is 0 Å². The lowest BCUT2D eigenvalue weighted by Gasteiger charge is -2.07. The number of hydrogen-bond acceptors (Lipinski definition) is 4.